The molecule has 2 heterocycles. The number of hydrogen-bond acceptors (Lipinski definition) is 3. The molecule has 0 unspecified atom stereocenters. The minimum absolute atomic E-state index is 0.00768. The van der Waals surface area contributed by atoms with Gasteiger partial charge in [0.2, 0.25) is 0 Å². The third-order valence-electron chi connectivity index (χ3n) is 5.36. The van der Waals surface area contributed by atoms with E-state index in [-0.39, 0.29) is 17.7 Å². The van der Waals surface area contributed by atoms with Crippen molar-refractivity contribution in [3.05, 3.63) is 0 Å². The number of carbonyl (C=O) groups excluding carboxylic acids is 1. The lowest BCUT2D eigenvalue weighted by molar-refractivity contribution is -0.0797. The van der Waals surface area contributed by atoms with Gasteiger partial charge in [0.05, 0.1) is 5.60 Å². The maximum absolute atomic E-state index is 11.8. The van der Waals surface area contributed by atoms with Crippen LogP contribution in [0.3, 0.4) is 0 Å². The fraction of sp³-hybridized carbons (Fsp3) is 0.938. The molecule has 21 heavy (non-hydrogen) atoms. The van der Waals surface area contributed by atoms with E-state index in [1.54, 1.807) is 19.0 Å². The fourth-order valence-corrected chi connectivity index (χ4v) is 3.86. The zero-order valence-electron chi connectivity index (χ0n) is 13.4. The van der Waals surface area contributed by atoms with E-state index in [1.807, 2.05) is 0 Å². The van der Waals surface area contributed by atoms with Crippen LogP contribution in [0.5, 0.6) is 0 Å². The monoisotopic (exact) mass is 295 g/mol. The van der Waals surface area contributed by atoms with E-state index in [9.17, 15) is 4.79 Å². The molecule has 0 radical (unpaired) electrons. The number of nitrogens with zero attached hydrogens (tertiary/aromatic N) is 2. The molecule has 1 N–H and O–H groups in total. The summed E-state index contributed by atoms with van der Waals surface area (Å²) in [7, 11) is 3.58. The smallest absolute Gasteiger partial charge is 0.317 e. The molecule has 3 fully saturated rings. The van der Waals surface area contributed by atoms with Gasteiger partial charge in [0.25, 0.3) is 0 Å². The Morgan fingerprint density at radius 2 is 2.19 bits per heavy atom. The van der Waals surface area contributed by atoms with Gasteiger partial charge < -0.3 is 19.9 Å². The lowest BCUT2D eigenvalue weighted by Gasteiger charge is -2.39. The van der Waals surface area contributed by atoms with Crippen molar-refractivity contribution in [2.45, 2.75) is 50.2 Å². The van der Waals surface area contributed by atoms with E-state index < -0.39 is 0 Å². The van der Waals surface area contributed by atoms with Gasteiger partial charge >= 0.3 is 6.03 Å². The minimum Gasteiger partial charge on any atom is -0.373 e. The highest BCUT2D eigenvalue weighted by atomic mass is 16.5. The first-order chi connectivity index (χ1) is 10.1. The predicted octanol–water partition coefficient (Wildman–Crippen LogP) is 1.68. The number of carbonyl (C=O) groups is 1. The SMILES string of the molecule is CN(C)C(=O)N[C@H]1CCO[C@]2(CCN(CC3CCC3)C2)C1. The van der Waals surface area contributed by atoms with Gasteiger partial charge in [-0.05, 0) is 38.0 Å². The van der Waals surface area contributed by atoms with Gasteiger partial charge in [-0.1, -0.05) is 6.42 Å². The van der Waals surface area contributed by atoms with Crippen LogP contribution >= 0.6 is 0 Å². The summed E-state index contributed by atoms with van der Waals surface area (Å²) in [6, 6.07) is 0.277. The highest BCUT2D eigenvalue weighted by molar-refractivity contribution is 5.73. The maximum Gasteiger partial charge on any atom is 0.317 e. The molecule has 0 aromatic carbocycles. The van der Waals surface area contributed by atoms with Crippen LogP contribution in [0, 0.1) is 5.92 Å². The van der Waals surface area contributed by atoms with Gasteiger partial charge in [-0.25, -0.2) is 4.79 Å². The fourth-order valence-electron chi connectivity index (χ4n) is 3.86. The Morgan fingerprint density at radius 3 is 2.86 bits per heavy atom. The lowest BCUT2D eigenvalue weighted by Crippen LogP contribution is -2.51. The van der Waals surface area contributed by atoms with Crippen molar-refractivity contribution in [1.82, 2.24) is 15.1 Å². The van der Waals surface area contributed by atoms with E-state index in [0.29, 0.717) is 0 Å². The Labute approximate surface area is 128 Å². The summed E-state index contributed by atoms with van der Waals surface area (Å²) in [4.78, 5) is 16.0. The largest absolute Gasteiger partial charge is 0.373 e. The van der Waals surface area contributed by atoms with Crippen LogP contribution in [-0.2, 0) is 4.74 Å². The molecule has 1 aliphatic carbocycles. The second-order valence-electron chi connectivity index (χ2n) is 7.35. The molecule has 2 amide bonds. The topological polar surface area (TPSA) is 44.8 Å². The van der Waals surface area contributed by atoms with Gasteiger partial charge in [0.1, 0.15) is 0 Å². The first-order valence-corrected chi connectivity index (χ1v) is 8.40. The van der Waals surface area contributed by atoms with Crippen LogP contribution in [0.25, 0.3) is 0 Å². The Morgan fingerprint density at radius 1 is 1.38 bits per heavy atom. The second kappa shape index (κ2) is 6.13. The van der Waals surface area contributed by atoms with Crippen molar-refractivity contribution in [3.8, 4) is 0 Å². The molecule has 1 spiro atoms. The van der Waals surface area contributed by atoms with E-state index in [1.165, 1.54) is 25.8 Å². The molecule has 1 saturated carbocycles. The first-order valence-electron chi connectivity index (χ1n) is 8.40. The number of nitrogens with one attached hydrogen (secondary N) is 1. The van der Waals surface area contributed by atoms with Gasteiger partial charge in [0, 0.05) is 46.4 Å². The summed E-state index contributed by atoms with van der Waals surface area (Å²) >= 11 is 0. The van der Waals surface area contributed by atoms with Crippen molar-refractivity contribution in [2.75, 3.05) is 40.3 Å². The Kier molecular flexibility index (Phi) is 4.41. The molecule has 3 aliphatic rings. The number of likely N-dealkylation sites (tertiary alicyclic amines) is 1. The zero-order valence-corrected chi connectivity index (χ0v) is 13.4. The molecule has 2 atom stereocenters. The van der Waals surface area contributed by atoms with Crippen molar-refractivity contribution >= 4 is 6.03 Å². The standard InChI is InChI=1S/C16H29N3O2/c1-18(2)15(20)17-14-6-9-21-16(10-14)7-8-19(12-16)11-13-4-3-5-13/h13-14H,3-12H2,1-2H3,(H,17,20)/t14-,16+/m0/s1. The minimum atomic E-state index is -0.00768. The van der Waals surface area contributed by atoms with Gasteiger partial charge in [0.15, 0.2) is 0 Å². The second-order valence-corrected chi connectivity index (χ2v) is 7.35. The Balaban J connectivity index is 1.51. The third-order valence-corrected chi connectivity index (χ3v) is 5.36. The van der Waals surface area contributed by atoms with Crippen molar-refractivity contribution in [1.29, 1.82) is 0 Å². The Bertz CT molecular complexity index is 384. The predicted molar refractivity (Wildman–Crippen MR) is 82.3 cm³/mol. The molecule has 0 aromatic rings. The molecule has 120 valence electrons. The summed E-state index contributed by atoms with van der Waals surface area (Å²) in [5.41, 5.74) is -0.00768. The number of amides is 2. The average molecular weight is 295 g/mol. The molecule has 3 rings (SSSR count). The highest BCUT2D eigenvalue weighted by Gasteiger charge is 2.44. The van der Waals surface area contributed by atoms with E-state index in [2.05, 4.69) is 10.2 Å². The summed E-state index contributed by atoms with van der Waals surface area (Å²) < 4.78 is 6.16. The third kappa shape index (κ3) is 3.51. The van der Waals surface area contributed by atoms with Crippen LogP contribution in [0.15, 0.2) is 0 Å². The van der Waals surface area contributed by atoms with Gasteiger partial charge in [-0.15, -0.1) is 0 Å². The zero-order chi connectivity index (χ0) is 14.9. The average Bonchev–Trinajstić information content (AvgIpc) is 2.77. The molecular formula is C16H29N3O2. The lowest BCUT2D eigenvalue weighted by atomic mass is 9.85. The molecular weight excluding hydrogens is 266 g/mol. The molecule has 2 saturated heterocycles. The molecule has 2 aliphatic heterocycles. The van der Waals surface area contributed by atoms with Crippen LogP contribution in [0.4, 0.5) is 4.79 Å². The van der Waals surface area contributed by atoms with Crippen molar-refractivity contribution in [2.24, 2.45) is 5.92 Å². The van der Waals surface area contributed by atoms with Crippen LogP contribution in [0.1, 0.15) is 38.5 Å². The Hall–Kier alpha value is -0.810. The summed E-state index contributed by atoms with van der Waals surface area (Å²) in [6.07, 6.45) is 7.25. The van der Waals surface area contributed by atoms with Crippen LogP contribution < -0.4 is 5.32 Å². The first kappa shape index (κ1) is 15.1. The van der Waals surface area contributed by atoms with Crippen LogP contribution in [0.2, 0.25) is 0 Å². The number of hydrogen-bond donors (Lipinski definition) is 1. The number of ether oxygens (including phenoxy) is 1. The van der Waals surface area contributed by atoms with Crippen LogP contribution in [-0.4, -0.2) is 67.8 Å². The molecule has 5 heteroatoms. The molecule has 0 bridgehead atoms. The summed E-state index contributed by atoms with van der Waals surface area (Å²) in [5, 5.41) is 3.14. The molecule has 0 aromatic heterocycles. The molecule has 5 nitrogen and oxygen atoms in total. The number of rotatable bonds is 3. The van der Waals surface area contributed by atoms with E-state index in [4.69, 9.17) is 4.74 Å². The number of urea groups is 1. The normalized spacial score (nSPS) is 33.9. The van der Waals surface area contributed by atoms with Gasteiger partial charge in [-0.2, -0.15) is 0 Å². The van der Waals surface area contributed by atoms with Crippen molar-refractivity contribution < 1.29 is 9.53 Å². The van der Waals surface area contributed by atoms with E-state index in [0.717, 1.165) is 44.9 Å². The highest BCUT2D eigenvalue weighted by Crippen LogP contribution is 2.36. The summed E-state index contributed by atoms with van der Waals surface area (Å²) in [5.74, 6) is 0.924. The quantitative estimate of drug-likeness (QED) is 0.861. The van der Waals surface area contributed by atoms with Gasteiger partial charge in [-0.3, -0.25) is 0 Å². The van der Waals surface area contributed by atoms with E-state index >= 15 is 0 Å². The summed E-state index contributed by atoms with van der Waals surface area (Å²) in [6.45, 7) is 4.23. The maximum atomic E-state index is 11.8. The van der Waals surface area contributed by atoms with Crippen molar-refractivity contribution in [3.63, 3.8) is 0 Å².